The first-order valence-electron chi connectivity index (χ1n) is 7.39. The van der Waals surface area contributed by atoms with Gasteiger partial charge in [0.05, 0.1) is 12.0 Å². The minimum absolute atomic E-state index is 0.219. The van der Waals surface area contributed by atoms with Gasteiger partial charge in [0, 0.05) is 22.3 Å². The van der Waals surface area contributed by atoms with Crippen LogP contribution in [-0.4, -0.2) is 15.5 Å². The monoisotopic (exact) mass is 357 g/mol. The third-order valence-corrected chi connectivity index (χ3v) is 3.69. The number of carbonyl (C=O) groups is 1. The highest BCUT2D eigenvalue weighted by Gasteiger charge is 2.08. The molecule has 126 valence electrons. The Morgan fingerprint density at radius 2 is 1.92 bits per heavy atom. The number of anilines is 1. The predicted octanol–water partition coefficient (Wildman–Crippen LogP) is 3.34. The van der Waals surface area contributed by atoms with Crippen LogP contribution in [0.1, 0.15) is 0 Å². The van der Waals surface area contributed by atoms with Gasteiger partial charge >= 0.3 is 0 Å². The summed E-state index contributed by atoms with van der Waals surface area (Å²) in [5.41, 5.74) is 1.19. The lowest BCUT2D eigenvalue weighted by Gasteiger charge is -2.08. The van der Waals surface area contributed by atoms with Crippen molar-refractivity contribution in [3.05, 3.63) is 82.1 Å². The molecule has 0 bridgehead atoms. The van der Waals surface area contributed by atoms with Gasteiger partial charge in [-0.2, -0.15) is 0 Å². The molecule has 1 aromatic heterocycles. The van der Waals surface area contributed by atoms with Gasteiger partial charge in [0.1, 0.15) is 12.4 Å². The van der Waals surface area contributed by atoms with Crippen LogP contribution in [0.3, 0.4) is 0 Å². The topological polar surface area (TPSA) is 64.0 Å². The highest BCUT2D eigenvalue weighted by molar-refractivity contribution is 6.30. The Kier molecular flexibility index (Phi) is 4.90. The van der Waals surface area contributed by atoms with Gasteiger partial charge in [0.15, 0.2) is 0 Å². The zero-order chi connectivity index (χ0) is 17.8. The van der Waals surface area contributed by atoms with Crippen LogP contribution in [-0.2, 0) is 11.3 Å². The Hall–Kier alpha value is -2.99. The molecule has 0 atom stereocenters. The van der Waals surface area contributed by atoms with Crippen molar-refractivity contribution in [1.29, 1.82) is 0 Å². The summed E-state index contributed by atoms with van der Waals surface area (Å²) in [5, 5.41) is 3.12. The zero-order valence-electron chi connectivity index (χ0n) is 12.9. The molecule has 0 saturated heterocycles. The molecule has 0 saturated carbocycles. The van der Waals surface area contributed by atoms with Crippen LogP contribution in [0.5, 0.6) is 0 Å². The quantitative estimate of drug-likeness (QED) is 0.778. The van der Waals surface area contributed by atoms with Crippen molar-refractivity contribution in [2.45, 2.75) is 6.54 Å². The molecule has 0 unspecified atom stereocenters. The lowest BCUT2D eigenvalue weighted by atomic mass is 10.1. The average molecular weight is 358 g/mol. The van der Waals surface area contributed by atoms with E-state index in [9.17, 15) is 14.0 Å². The minimum atomic E-state index is -0.455. The van der Waals surface area contributed by atoms with E-state index in [0.29, 0.717) is 16.4 Å². The van der Waals surface area contributed by atoms with Crippen molar-refractivity contribution in [1.82, 2.24) is 9.55 Å². The molecular formula is C18H13ClFN3O2. The summed E-state index contributed by atoms with van der Waals surface area (Å²) in [6, 6.07) is 13.8. The van der Waals surface area contributed by atoms with Gasteiger partial charge in [-0.05, 0) is 30.3 Å². The Morgan fingerprint density at radius 3 is 2.60 bits per heavy atom. The van der Waals surface area contributed by atoms with E-state index in [1.165, 1.54) is 35.2 Å². The van der Waals surface area contributed by atoms with Crippen LogP contribution in [0.15, 0.2) is 65.7 Å². The number of hydrogen-bond donors (Lipinski definition) is 1. The van der Waals surface area contributed by atoms with Crippen LogP contribution in [0, 0.1) is 5.82 Å². The maximum absolute atomic E-state index is 13.1. The van der Waals surface area contributed by atoms with Gasteiger partial charge in [0.2, 0.25) is 5.91 Å². The van der Waals surface area contributed by atoms with Crippen molar-refractivity contribution >= 4 is 23.2 Å². The van der Waals surface area contributed by atoms with E-state index in [1.54, 1.807) is 30.3 Å². The normalized spacial score (nSPS) is 10.5. The third kappa shape index (κ3) is 4.30. The maximum atomic E-state index is 13.1. The van der Waals surface area contributed by atoms with E-state index in [1.807, 2.05) is 0 Å². The fourth-order valence-electron chi connectivity index (χ4n) is 2.24. The van der Waals surface area contributed by atoms with Crippen LogP contribution in [0.4, 0.5) is 10.1 Å². The van der Waals surface area contributed by atoms with Crippen molar-refractivity contribution in [3.63, 3.8) is 0 Å². The number of carbonyl (C=O) groups excluding carboxylic acids is 1. The fourth-order valence-corrected chi connectivity index (χ4v) is 2.37. The van der Waals surface area contributed by atoms with E-state index < -0.39 is 11.7 Å². The highest BCUT2D eigenvalue weighted by Crippen LogP contribution is 2.18. The molecule has 0 aliphatic heterocycles. The van der Waals surface area contributed by atoms with Crippen molar-refractivity contribution in [2.75, 3.05) is 5.32 Å². The number of nitrogens with zero attached hydrogens (tertiary/aromatic N) is 2. The molecule has 7 heteroatoms. The molecule has 1 amide bonds. The number of amides is 1. The predicted molar refractivity (Wildman–Crippen MR) is 94.0 cm³/mol. The van der Waals surface area contributed by atoms with Crippen molar-refractivity contribution in [2.24, 2.45) is 0 Å². The third-order valence-electron chi connectivity index (χ3n) is 3.44. The first-order valence-corrected chi connectivity index (χ1v) is 7.77. The number of rotatable bonds is 4. The second kappa shape index (κ2) is 7.27. The largest absolute Gasteiger partial charge is 0.324 e. The molecule has 0 spiro atoms. The zero-order valence-corrected chi connectivity index (χ0v) is 13.7. The van der Waals surface area contributed by atoms with Crippen molar-refractivity contribution < 1.29 is 9.18 Å². The Morgan fingerprint density at radius 1 is 1.16 bits per heavy atom. The number of hydrogen-bond acceptors (Lipinski definition) is 3. The molecule has 3 aromatic rings. The summed E-state index contributed by atoms with van der Waals surface area (Å²) < 4.78 is 14.3. The summed E-state index contributed by atoms with van der Waals surface area (Å²) in [7, 11) is 0. The highest BCUT2D eigenvalue weighted by atomic mass is 35.5. The van der Waals surface area contributed by atoms with E-state index in [-0.39, 0.29) is 12.1 Å². The number of nitrogens with one attached hydrogen (secondary N) is 1. The Balaban J connectivity index is 1.74. The van der Waals surface area contributed by atoms with E-state index >= 15 is 0 Å². The van der Waals surface area contributed by atoms with E-state index in [2.05, 4.69) is 10.3 Å². The molecule has 3 rings (SSSR count). The molecule has 1 N–H and O–H groups in total. The Bertz CT molecular complexity index is 971. The molecule has 0 radical (unpaired) electrons. The smallest absolute Gasteiger partial charge is 0.254 e. The first kappa shape index (κ1) is 16.9. The first-order chi connectivity index (χ1) is 12.0. The molecule has 5 nitrogen and oxygen atoms in total. The van der Waals surface area contributed by atoms with Gasteiger partial charge < -0.3 is 5.32 Å². The van der Waals surface area contributed by atoms with E-state index in [0.717, 1.165) is 5.56 Å². The summed E-state index contributed by atoms with van der Waals surface area (Å²) >= 11 is 5.84. The van der Waals surface area contributed by atoms with Gasteiger partial charge in [-0.25, -0.2) is 9.37 Å². The van der Waals surface area contributed by atoms with Crippen LogP contribution in [0.25, 0.3) is 11.3 Å². The van der Waals surface area contributed by atoms with Crippen LogP contribution >= 0.6 is 11.6 Å². The summed E-state index contributed by atoms with van der Waals surface area (Å²) in [6.07, 6.45) is 1.30. The molecule has 2 aromatic carbocycles. The maximum Gasteiger partial charge on any atom is 0.254 e. The summed E-state index contributed by atoms with van der Waals surface area (Å²) in [5.74, 6) is -0.905. The molecule has 0 aliphatic carbocycles. The molecule has 0 fully saturated rings. The van der Waals surface area contributed by atoms with Crippen LogP contribution < -0.4 is 10.9 Å². The summed E-state index contributed by atoms with van der Waals surface area (Å²) in [4.78, 5) is 28.4. The average Bonchev–Trinajstić information content (AvgIpc) is 2.57. The molecule has 1 heterocycles. The molecule has 0 aliphatic rings. The van der Waals surface area contributed by atoms with Crippen LogP contribution in [0.2, 0.25) is 5.02 Å². The van der Waals surface area contributed by atoms with Gasteiger partial charge in [-0.15, -0.1) is 0 Å². The SMILES string of the molecule is O=C(Cn1cnc(-c2ccc(Cl)cc2)cc1=O)Nc1cccc(F)c1. The van der Waals surface area contributed by atoms with Crippen molar-refractivity contribution in [3.8, 4) is 11.3 Å². The minimum Gasteiger partial charge on any atom is -0.324 e. The van der Waals surface area contributed by atoms with Gasteiger partial charge in [-0.3, -0.25) is 14.2 Å². The lowest BCUT2D eigenvalue weighted by Crippen LogP contribution is -2.27. The number of benzene rings is 2. The second-order valence-corrected chi connectivity index (χ2v) is 5.74. The lowest BCUT2D eigenvalue weighted by molar-refractivity contribution is -0.116. The molecular weight excluding hydrogens is 345 g/mol. The summed E-state index contributed by atoms with van der Waals surface area (Å²) in [6.45, 7) is -0.219. The molecule has 25 heavy (non-hydrogen) atoms. The number of halogens is 2. The standard InChI is InChI=1S/C18H13ClFN3O2/c19-13-6-4-12(5-7-13)16-9-18(25)23(11-21-16)10-17(24)22-15-3-1-2-14(20)8-15/h1-9,11H,10H2,(H,22,24). The second-order valence-electron chi connectivity index (χ2n) is 5.31. The van der Waals surface area contributed by atoms with Gasteiger partial charge in [-0.1, -0.05) is 29.8 Å². The number of aromatic nitrogens is 2. The Labute approximate surface area is 147 Å². The van der Waals surface area contributed by atoms with E-state index in [4.69, 9.17) is 11.6 Å². The fraction of sp³-hybridized carbons (Fsp3) is 0.0556. The van der Waals surface area contributed by atoms with Gasteiger partial charge in [0.25, 0.3) is 5.56 Å².